The van der Waals surface area contributed by atoms with E-state index in [0.717, 1.165) is 25.7 Å². The molecule has 8 heteroatoms. The Labute approximate surface area is 193 Å². The number of amides is 2. The molecule has 2 aromatic rings. The molecule has 1 aliphatic rings. The van der Waals surface area contributed by atoms with Crippen LogP contribution in [0, 0.1) is 0 Å². The Kier molecular flexibility index (Phi) is 9.01. The predicted molar refractivity (Wildman–Crippen MR) is 128 cm³/mol. The summed E-state index contributed by atoms with van der Waals surface area (Å²) >= 11 is 5.30. The molecule has 0 bridgehead atoms. The van der Waals surface area contributed by atoms with Crippen molar-refractivity contribution in [3.63, 3.8) is 0 Å². The SMILES string of the molecule is COCCOc1ccc(C(=O)NC(=S)Nc2ccccc2C(=O)NC2CCCCC2)cc1. The second-order valence-electron chi connectivity index (χ2n) is 7.63. The molecule has 0 aromatic heterocycles. The maximum atomic E-state index is 12.8. The summed E-state index contributed by atoms with van der Waals surface area (Å²) in [6.07, 6.45) is 5.52. The van der Waals surface area contributed by atoms with Crippen LogP contribution >= 0.6 is 12.2 Å². The molecular formula is C24H29N3O4S. The van der Waals surface area contributed by atoms with Crippen LogP contribution in [0.5, 0.6) is 5.75 Å². The fraction of sp³-hybridized carbons (Fsp3) is 0.375. The lowest BCUT2D eigenvalue weighted by atomic mass is 9.95. The topological polar surface area (TPSA) is 88.7 Å². The number of nitrogens with one attached hydrogen (secondary N) is 3. The average molecular weight is 456 g/mol. The number of para-hydroxylation sites is 1. The third kappa shape index (κ3) is 7.03. The summed E-state index contributed by atoms with van der Waals surface area (Å²) in [6, 6.07) is 14.1. The molecule has 1 aliphatic carbocycles. The van der Waals surface area contributed by atoms with Crippen molar-refractivity contribution >= 4 is 34.8 Å². The zero-order valence-electron chi connectivity index (χ0n) is 18.2. The minimum absolute atomic E-state index is 0.119. The summed E-state index contributed by atoms with van der Waals surface area (Å²) in [6.45, 7) is 0.923. The molecule has 0 radical (unpaired) electrons. The number of methoxy groups -OCH3 is 1. The summed E-state index contributed by atoms with van der Waals surface area (Å²) in [5.41, 5.74) is 1.48. The monoisotopic (exact) mass is 455 g/mol. The minimum Gasteiger partial charge on any atom is -0.491 e. The smallest absolute Gasteiger partial charge is 0.257 e. The lowest BCUT2D eigenvalue weighted by Crippen LogP contribution is -2.37. The van der Waals surface area contributed by atoms with Crippen molar-refractivity contribution in [1.29, 1.82) is 0 Å². The number of rotatable bonds is 8. The van der Waals surface area contributed by atoms with Crippen LogP contribution in [0.3, 0.4) is 0 Å². The van der Waals surface area contributed by atoms with Crippen LogP contribution in [0.15, 0.2) is 48.5 Å². The van der Waals surface area contributed by atoms with Crippen LogP contribution in [0.25, 0.3) is 0 Å². The van der Waals surface area contributed by atoms with Crippen molar-refractivity contribution in [2.45, 2.75) is 38.1 Å². The molecule has 0 unspecified atom stereocenters. The van der Waals surface area contributed by atoms with E-state index in [4.69, 9.17) is 21.7 Å². The highest BCUT2D eigenvalue weighted by atomic mass is 32.1. The first kappa shape index (κ1) is 23.7. The number of hydrogen-bond acceptors (Lipinski definition) is 5. The summed E-state index contributed by atoms with van der Waals surface area (Å²) in [4.78, 5) is 25.3. The van der Waals surface area contributed by atoms with E-state index in [0.29, 0.717) is 35.8 Å². The molecule has 0 heterocycles. The van der Waals surface area contributed by atoms with E-state index >= 15 is 0 Å². The van der Waals surface area contributed by atoms with Crippen LogP contribution in [0.1, 0.15) is 52.8 Å². The molecule has 3 N–H and O–H groups in total. The summed E-state index contributed by atoms with van der Waals surface area (Å²) in [5.74, 6) is 0.158. The maximum absolute atomic E-state index is 12.8. The maximum Gasteiger partial charge on any atom is 0.257 e. The molecule has 32 heavy (non-hydrogen) atoms. The van der Waals surface area contributed by atoms with E-state index in [1.54, 1.807) is 49.6 Å². The van der Waals surface area contributed by atoms with E-state index in [9.17, 15) is 9.59 Å². The van der Waals surface area contributed by atoms with Crippen LogP contribution in [-0.2, 0) is 4.74 Å². The van der Waals surface area contributed by atoms with E-state index < -0.39 is 0 Å². The molecule has 0 spiro atoms. The van der Waals surface area contributed by atoms with Crippen molar-refractivity contribution < 1.29 is 19.1 Å². The van der Waals surface area contributed by atoms with Gasteiger partial charge in [0.2, 0.25) is 0 Å². The van der Waals surface area contributed by atoms with Gasteiger partial charge in [-0.25, -0.2) is 0 Å². The predicted octanol–water partition coefficient (Wildman–Crippen LogP) is 3.90. The molecule has 1 fully saturated rings. The standard InChI is InChI=1S/C24H29N3O4S/c1-30-15-16-31-19-13-11-17(12-14-19)22(28)27-24(32)26-21-10-6-5-9-20(21)23(29)25-18-7-3-2-4-8-18/h5-6,9-14,18H,2-4,7-8,15-16H2,1H3,(H,25,29)(H2,26,27,28,32). The van der Waals surface area contributed by atoms with E-state index in [-0.39, 0.29) is 23.0 Å². The summed E-state index contributed by atoms with van der Waals surface area (Å²) < 4.78 is 10.4. The van der Waals surface area contributed by atoms with E-state index in [1.807, 2.05) is 6.07 Å². The lowest BCUT2D eigenvalue weighted by Gasteiger charge is -2.23. The molecule has 7 nitrogen and oxygen atoms in total. The van der Waals surface area contributed by atoms with Gasteiger partial charge in [0.15, 0.2) is 5.11 Å². The fourth-order valence-corrected chi connectivity index (χ4v) is 3.78. The number of ether oxygens (including phenoxy) is 2. The third-order valence-corrected chi connectivity index (χ3v) is 5.46. The molecule has 0 atom stereocenters. The van der Waals surface area contributed by atoms with Gasteiger partial charge in [0.25, 0.3) is 11.8 Å². The first-order valence-corrected chi connectivity index (χ1v) is 11.2. The van der Waals surface area contributed by atoms with Gasteiger partial charge in [-0.2, -0.15) is 0 Å². The molecule has 2 aromatic carbocycles. The molecule has 0 aliphatic heterocycles. The average Bonchev–Trinajstić information content (AvgIpc) is 2.80. The summed E-state index contributed by atoms with van der Waals surface area (Å²) in [5, 5.41) is 8.86. The number of anilines is 1. The van der Waals surface area contributed by atoms with Gasteiger partial charge < -0.3 is 20.1 Å². The second-order valence-corrected chi connectivity index (χ2v) is 8.04. The number of thiocarbonyl (C=S) groups is 1. The highest BCUT2D eigenvalue weighted by molar-refractivity contribution is 7.80. The Morgan fingerprint density at radius 3 is 2.41 bits per heavy atom. The zero-order chi connectivity index (χ0) is 22.8. The van der Waals surface area contributed by atoms with Gasteiger partial charge in [-0.1, -0.05) is 31.4 Å². The Bertz CT molecular complexity index is 927. The minimum atomic E-state index is -0.352. The molecule has 1 saturated carbocycles. The number of benzene rings is 2. The zero-order valence-corrected chi connectivity index (χ0v) is 19.0. The van der Waals surface area contributed by atoms with Crippen LogP contribution in [0.4, 0.5) is 5.69 Å². The van der Waals surface area contributed by atoms with Crippen molar-refractivity contribution in [1.82, 2.24) is 10.6 Å². The molecule has 0 saturated heterocycles. The molecule has 170 valence electrons. The van der Waals surface area contributed by atoms with Gasteiger partial charge in [0.1, 0.15) is 12.4 Å². The highest BCUT2D eigenvalue weighted by Crippen LogP contribution is 2.20. The first-order chi connectivity index (χ1) is 15.6. The Balaban J connectivity index is 1.56. The van der Waals surface area contributed by atoms with Crippen LogP contribution < -0.4 is 20.7 Å². The van der Waals surface area contributed by atoms with Gasteiger partial charge in [-0.3, -0.25) is 14.9 Å². The fourth-order valence-electron chi connectivity index (χ4n) is 3.57. The van der Waals surface area contributed by atoms with Gasteiger partial charge in [0, 0.05) is 18.7 Å². The van der Waals surface area contributed by atoms with Crippen LogP contribution in [0.2, 0.25) is 0 Å². The highest BCUT2D eigenvalue weighted by Gasteiger charge is 2.19. The van der Waals surface area contributed by atoms with Crippen molar-refractivity contribution in [2.24, 2.45) is 0 Å². The number of carbonyl (C=O) groups is 2. The van der Waals surface area contributed by atoms with E-state index in [2.05, 4.69) is 16.0 Å². The van der Waals surface area contributed by atoms with Gasteiger partial charge in [-0.15, -0.1) is 0 Å². The van der Waals surface area contributed by atoms with Gasteiger partial charge in [-0.05, 0) is 61.5 Å². The van der Waals surface area contributed by atoms with Crippen LogP contribution in [-0.4, -0.2) is 43.3 Å². The third-order valence-electron chi connectivity index (χ3n) is 5.26. The molecule has 2 amide bonds. The molecule has 3 rings (SSSR count). The Morgan fingerprint density at radius 2 is 1.69 bits per heavy atom. The number of carbonyl (C=O) groups excluding carboxylic acids is 2. The number of hydrogen-bond donors (Lipinski definition) is 3. The second kappa shape index (κ2) is 12.2. The Hall–Kier alpha value is -2.97. The van der Waals surface area contributed by atoms with Crippen molar-refractivity contribution in [2.75, 3.05) is 25.6 Å². The van der Waals surface area contributed by atoms with Gasteiger partial charge in [0.05, 0.1) is 17.9 Å². The van der Waals surface area contributed by atoms with Crippen molar-refractivity contribution in [3.8, 4) is 5.75 Å². The largest absolute Gasteiger partial charge is 0.491 e. The quantitative estimate of drug-likeness (QED) is 0.413. The first-order valence-electron chi connectivity index (χ1n) is 10.8. The lowest BCUT2D eigenvalue weighted by molar-refractivity contribution is 0.0927. The molecular weight excluding hydrogens is 426 g/mol. The van der Waals surface area contributed by atoms with Gasteiger partial charge >= 0.3 is 0 Å². The van der Waals surface area contributed by atoms with E-state index in [1.165, 1.54) is 6.42 Å². The Morgan fingerprint density at radius 1 is 0.969 bits per heavy atom. The van der Waals surface area contributed by atoms with Crippen molar-refractivity contribution in [3.05, 3.63) is 59.7 Å². The summed E-state index contributed by atoms with van der Waals surface area (Å²) in [7, 11) is 1.61. The normalized spacial score (nSPS) is 13.8.